The maximum atomic E-state index is 14.7. The molecule has 23 N–H and O–H groups in total. The predicted octanol–water partition coefficient (Wildman–Crippen LogP) is -3.58. The van der Waals surface area contributed by atoms with Gasteiger partial charge in [-0.15, -0.1) is 0 Å². The fourth-order valence-electron chi connectivity index (χ4n) is 8.87. The molecule has 1 aromatic heterocycles. The van der Waals surface area contributed by atoms with Crippen molar-refractivity contribution in [3.8, 4) is 5.75 Å². The number of aromatic amines is 1. The summed E-state index contributed by atoms with van der Waals surface area (Å²) in [5, 5.41) is 40.3. The largest absolute Gasteiger partial charge is 0.508 e. The van der Waals surface area contributed by atoms with Crippen molar-refractivity contribution in [1.82, 2.24) is 47.5 Å². The Bertz CT molecular complexity index is 3130. The minimum Gasteiger partial charge on any atom is -0.508 e. The number of phenols is 1. The van der Waals surface area contributed by atoms with Gasteiger partial charge in [0.2, 0.25) is 65.0 Å². The van der Waals surface area contributed by atoms with Gasteiger partial charge in [-0.25, -0.2) is 4.79 Å². The van der Waals surface area contributed by atoms with Crippen LogP contribution in [-0.2, 0) is 76.8 Å². The van der Waals surface area contributed by atoms with Gasteiger partial charge in [-0.05, 0) is 92.3 Å². The molecule has 476 valence electrons. The molecular weight excluding hydrogens is 1160 g/mol. The van der Waals surface area contributed by atoms with Gasteiger partial charge in [-0.1, -0.05) is 60.7 Å². The van der Waals surface area contributed by atoms with E-state index in [1.54, 1.807) is 67.0 Å². The van der Waals surface area contributed by atoms with Gasteiger partial charge < -0.3 is 92.1 Å². The highest BCUT2D eigenvalue weighted by molar-refractivity contribution is 7.98. The summed E-state index contributed by atoms with van der Waals surface area (Å²) in [5.41, 5.74) is 35.7. The molecule has 0 saturated carbocycles. The number of rotatable bonds is 38. The van der Waals surface area contributed by atoms with Gasteiger partial charge in [-0.3, -0.25) is 57.7 Å². The summed E-state index contributed by atoms with van der Waals surface area (Å²) >= 11 is 1.31. The maximum Gasteiger partial charge on any atom is 0.326 e. The number of nitrogens with one attached hydrogen (secondary N) is 9. The number of carbonyl (C=O) groups excluding carboxylic acids is 11. The number of aromatic hydroxyl groups is 1. The Balaban J connectivity index is 1.62. The number of phenolic OH excluding ortho intramolecular Hbond substituents is 1. The van der Waals surface area contributed by atoms with E-state index in [1.165, 1.54) is 43.0 Å². The van der Waals surface area contributed by atoms with Crippen LogP contribution in [0.1, 0.15) is 75.0 Å². The highest BCUT2D eigenvalue weighted by atomic mass is 32.2. The Morgan fingerprint density at radius 2 is 1.00 bits per heavy atom. The van der Waals surface area contributed by atoms with Gasteiger partial charge >= 0.3 is 5.97 Å². The molecule has 3 aromatic carbocycles. The number of aliphatic carboxylic acids is 1. The summed E-state index contributed by atoms with van der Waals surface area (Å²) in [6.07, 6.45) is 0.374. The molecular formula is C57H78N16O14S. The topological polar surface area (TPSA) is 526 Å². The van der Waals surface area contributed by atoms with Crippen molar-refractivity contribution < 1.29 is 67.7 Å². The molecule has 88 heavy (non-hydrogen) atoms. The number of hydrogen-bond donors (Lipinski definition) is 17. The Morgan fingerprint density at radius 1 is 0.523 bits per heavy atom. The van der Waals surface area contributed by atoms with Crippen molar-refractivity contribution in [2.75, 3.05) is 18.6 Å². The number of nitrogens with zero attached hydrogens (tertiary/aromatic N) is 1. The van der Waals surface area contributed by atoms with Gasteiger partial charge in [0, 0.05) is 49.3 Å². The molecule has 30 nitrogen and oxygen atoms in total. The average molecular weight is 1240 g/mol. The van der Waals surface area contributed by atoms with E-state index in [9.17, 15) is 67.7 Å². The van der Waals surface area contributed by atoms with Crippen LogP contribution in [0.4, 0.5) is 0 Å². The Labute approximate surface area is 510 Å². The fourth-order valence-corrected chi connectivity index (χ4v) is 9.34. The van der Waals surface area contributed by atoms with E-state index >= 15 is 0 Å². The second-order valence-electron chi connectivity index (χ2n) is 20.6. The summed E-state index contributed by atoms with van der Waals surface area (Å²) < 4.78 is 0. The van der Waals surface area contributed by atoms with Crippen molar-refractivity contribution in [1.29, 1.82) is 0 Å². The second kappa shape index (κ2) is 35.6. The van der Waals surface area contributed by atoms with Gasteiger partial charge in [0.25, 0.3) is 0 Å². The SMILES string of the molecule is CSCC[C@H](NC(=O)[C@H](Cc1ccc(O)cc1)NC(=O)[C@H](C)NC(=O)[C@H](CCC(N)=O)NC(=O)[C@H](Cc1c[nH]c2ccccc12)NC(=O)[C@H](CC(N)=O)NC(=O)[C@H](CCCN=C(N)N)NC(=O)[C@@H](N)Cc1ccccc1)C(=O)N[C@@H](CCC(N)=O)C(=O)O. The molecule has 0 radical (unpaired) electrons. The minimum atomic E-state index is -1.78. The van der Waals surface area contributed by atoms with E-state index in [0.29, 0.717) is 27.8 Å². The number of guanidine groups is 1. The molecule has 0 aliphatic rings. The van der Waals surface area contributed by atoms with Crippen LogP contribution >= 0.6 is 11.8 Å². The van der Waals surface area contributed by atoms with Crippen LogP contribution in [0, 0.1) is 0 Å². The molecule has 4 rings (SSSR count). The lowest BCUT2D eigenvalue weighted by Gasteiger charge is -2.27. The van der Waals surface area contributed by atoms with Crippen LogP contribution in [-0.4, -0.2) is 165 Å². The van der Waals surface area contributed by atoms with Crippen LogP contribution in [0.2, 0.25) is 0 Å². The van der Waals surface area contributed by atoms with Crippen LogP contribution in [0.3, 0.4) is 0 Å². The highest BCUT2D eigenvalue weighted by Gasteiger charge is 2.36. The second-order valence-corrected chi connectivity index (χ2v) is 21.6. The molecule has 0 saturated heterocycles. The fraction of sp³-hybridized carbons (Fsp3) is 0.421. The molecule has 0 aliphatic heterocycles. The number of carboxylic acid groups (broad SMARTS) is 1. The molecule has 0 unspecified atom stereocenters. The number of hydrogen-bond acceptors (Lipinski definition) is 16. The van der Waals surface area contributed by atoms with Crippen molar-refractivity contribution >= 4 is 99.6 Å². The number of thioether (sulfide) groups is 1. The number of carboxylic acids is 1. The third kappa shape index (κ3) is 24.3. The third-order valence-corrected chi connectivity index (χ3v) is 14.2. The van der Waals surface area contributed by atoms with E-state index in [2.05, 4.69) is 52.5 Å². The summed E-state index contributed by atoms with van der Waals surface area (Å²) in [7, 11) is 0. The first kappa shape index (κ1) is 70.7. The standard InChI is InChI=1S/C57H78N16O14S/c1-30(48(78)71-42(26-32-14-16-34(74)17-15-32)53(83)69-40(22-24-88-2)52(82)70-41(56(86)87)19-21-46(60)76)66-50(80)39(18-20-45(59)75)68-54(84)43(27-33-29-65-37-12-7-6-11-35(33)37)72-55(85)44(28-47(61)77)73-51(81)38(13-8-23-64-57(62)63)67-49(79)36(58)25-31-9-4-3-5-10-31/h3-7,9-12,14-17,29-30,36,38-44,65,74H,8,13,18-28,58H2,1-2H3,(H2,59,75)(H2,60,76)(H2,61,77)(H,66,80)(H,67,79)(H,68,84)(H,69,83)(H,70,82)(H,71,78)(H,72,85)(H,73,81)(H,86,87)(H4,62,63,64)/t30-,36-,38-,39-,40-,41-,42-,43-,44-/m0/s1. The number of fused-ring (bicyclic) bond motifs is 1. The summed E-state index contributed by atoms with van der Waals surface area (Å²) in [4.78, 5) is 168. The molecule has 0 spiro atoms. The number of H-pyrrole nitrogens is 1. The zero-order valence-electron chi connectivity index (χ0n) is 48.6. The molecule has 0 bridgehead atoms. The van der Waals surface area contributed by atoms with Crippen molar-refractivity contribution in [3.63, 3.8) is 0 Å². The zero-order valence-corrected chi connectivity index (χ0v) is 49.4. The molecule has 0 fully saturated rings. The number of nitrogens with two attached hydrogens (primary N) is 6. The van der Waals surface area contributed by atoms with Crippen molar-refractivity contribution in [2.45, 2.75) is 132 Å². The van der Waals surface area contributed by atoms with Gasteiger partial charge in [-0.2, -0.15) is 11.8 Å². The Morgan fingerprint density at radius 3 is 1.59 bits per heavy atom. The molecule has 11 amide bonds. The van der Waals surface area contributed by atoms with Gasteiger partial charge in [0.1, 0.15) is 54.1 Å². The van der Waals surface area contributed by atoms with E-state index in [0.717, 1.165) is 5.56 Å². The molecule has 0 aliphatic carbocycles. The first-order valence-electron chi connectivity index (χ1n) is 27.9. The maximum absolute atomic E-state index is 14.7. The van der Waals surface area contributed by atoms with Crippen molar-refractivity contribution in [3.05, 3.63) is 102 Å². The summed E-state index contributed by atoms with van der Waals surface area (Å²) in [6.45, 7) is 1.26. The lowest BCUT2D eigenvalue weighted by atomic mass is 10.0. The first-order chi connectivity index (χ1) is 41.7. The van der Waals surface area contributed by atoms with Gasteiger partial charge in [0.15, 0.2) is 5.96 Å². The Kier molecular flexibility index (Phi) is 28.6. The van der Waals surface area contributed by atoms with E-state index < -0.39 is 145 Å². The minimum absolute atomic E-state index is 0.0143. The number of primary amides is 3. The zero-order chi connectivity index (χ0) is 65.0. The third-order valence-electron chi connectivity index (χ3n) is 13.6. The number of para-hydroxylation sites is 1. The van der Waals surface area contributed by atoms with E-state index in [-0.39, 0.29) is 69.6 Å². The highest BCUT2D eigenvalue weighted by Crippen LogP contribution is 2.20. The molecule has 4 aromatic rings. The predicted molar refractivity (Wildman–Crippen MR) is 324 cm³/mol. The van der Waals surface area contributed by atoms with Crippen LogP contribution < -0.4 is 76.9 Å². The van der Waals surface area contributed by atoms with Crippen LogP contribution in [0.5, 0.6) is 5.75 Å². The molecule has 1 heterocycles. The quantitative estimate of drug-likeness (QED) is 0.0117. The summed E-state index contributed by atoms with van der Waals surface area (Å²) in [6, 6.07) is 7.77. The molecule has 31 heteroatoms. The van der Waals surface area contributed by atoms with E-state index in [1.807, 2.05) is 0 Å². The van der Waals surface area contributed by atoms with Crippen LogP contribution in [0.15, 0.2) is 90.1 Å². The molecule has 9 atom stereocenters. The summed E-state index contributed by atoms with van der Waals surface area (Å²) in [5.74, 6) is -12.0. The number of aromatic nitrogens is 1. The van der Waals surface area contributed by atoms with Crippen LogP contribution in [0.25, 0.3) is 10.9 Å². The number of carbonyl (C=O) groups is 12. The monoisotopic (exact) mass is 1240 g/mol. The number of amides is 11. The van der Waals surface area contributed by atoms with E-state index in [4.69, 9.17) is 34.4 Å². The lowest BCUT2D eigenvalue weighted by molar-refractivity contribution is -0.142. The van der Waals surface area contributed by atoms with Gasteiger partial charge in [0.05, 0.1) is 12.5 Å². The number of aliphatic imine (C=N–C) groups is 1. The Hall–Kier alpha value is -9.78. The van der Waals surface area contributed by atoms with Crippen molar-refractivity contribution in [2.24, 2.45) is 39.4 Å². The lowest BCUT2D eigenvalue weighted by Crippen LogP contribution is -2.60. The first-order valence-corrected chi connectivity index (χ1v) is 29.3. The normalized spacial score (nSPS) is 14.0. The smallest absolute Gasteiger partial charge is 0.326 e. The average Bonchev–Trinajstić information content (AvgIpc) is 3.49. The number of benzene rings is 3.